The number of nitrogens with zero attached hydrogens (tertiary/aromatic N) is 1. The largest absolute Gasteiger partial charge is 0.355 e. The minimum Gasteiger partial charge on any atom is -0.355 e. The molecule has 1 amide bonds. The fourth-order valence-electron chi connectivity index (χ4n) is 3.93. The molecule has 0 aromatic rings. The first-order chi connectivity index (χ1) is 10.8. The molecule has 1 saturated carbocycles. The number of likely N-dealkylation sites (tertiary alicyclic amines) is 1. The Morgan fingerprint density at radius 2 is 1.57 bits per heavy atom. The fourth-order valence-corrected chi connectivity index (χ4v) is 3.93. The molecule has 1 heterocycles. The molecular weight excluding hydrogens is 310 g/mol. The average molecular weight is 346 g/mol. The summed E-state index contributed by atoms with van der Waals surface area (Å²) < 4.78 is 0. The molecule has 23 heavy (non-hydrogen) atoms. The Balaban J connectivity index is 0.00000264. The summed E-state index contributed by atoms with van der Waals surface area (Å²) >= 11 is 0. The molecule has 0 radical (unpaired) electrons. The van der Waals surface area contributed by atoms with Crippen molar-refractivity contribution >= 4 is 18.3 Å². The van der Waals surface area contributed by atoms with Gasteiger partial charge in [-0.3, -0.25) is 9.69 Å². The zero-order valence-corrected chi connectivity index (χ0v) is 15.6. The minimum atomic E-state index is 0. The van der Waals surface area contributed by atoms with Gasteiger partial charge in [-0.15, -0.1) is 12.4 Å². The van der Waals surface area contributed by atoms with Crippen molar-refractivity contribution in [1.29, 1.82) is 0 Å². The van der Waals surface area contributed by atoms with Gasteiger partial charge in [0.1, 0.15) is 0 Å². The SMILES string of the molecule is CNCCC1CCN(CC(=O)NCCC2CCCCC2)CC1.Cl. The zero-order chi connectivity index (χ0) is 15.6. The molecule has 0 unspecified atom stereocenters. The molecule has 0 aromatic heterocycles. The van der Waals surface area contributed by atoms with Crippen molar-refractivity contribution in [2.75, 3.05) is 39.8 Å². The monoisotopic (exact) mass is 345 g/mol. The predicted molar refractivity (Wildman–Crippen MR) is 99.2 cm³/mol. The van der Waals surface area contributed by atoms with E-state index in [0.717, 1.165) is 38.0 Å². The third kappa shape index (κ3) is 8.37. The summed E-state index contributed by atoms with van der Waals surface area (Å²) in [6, 6.07) is 0. The molecule has 2 N–H and O–H groups in total. The second-order valence-corrected chi connectivity index (χ2v) is 7.25. The quantitative estimate of drug-likeness (QED) is 0.711. The van der Waals surface area contributed by atoms with E-state index in [-0.39, 0.29) is 18.3 Å². The highest BCUT2D eigenvalue weighted by atomic mass is 35.5. The zero-order valence-electron chi connectivity index (χ0n) is 14.8. The van der Waals surface area contributed by atoms with Crippen molar-refractivity contribution in [3.63, 3.8) is 0 Å². The Morgan fingerprint density at radius 3 is 2.22 bits per heavy atom. The summed E-state index contributed by atoms with van der Waals surface area (Å²) in [4.78, 5) is 14.4. The Hall–Kier alpha value is -0.320. The van der Waals surface area contributed by atoms with Crippen LogP contribution in [0.5, 0.6) is 0 Å². The number of piperidine rings is 1. The van der Waals surface area contributed by atoms with Gasteiger partial charge in [-0.2, -0.15) is 0 Å². The molecule has 4 nitrogen and oxygen atoms in total. The van der Waals surface area contributed by atoms with E-state index in [1.54, 1.807) is 0 Å². The molecule has 0 atom stereocenters. The summed E-state index contributed by atoms with van der Waals surface area (Å²) in [6.07, 6.45) is 11.9. The lowest BCUT2D eigenvalue weighted by Gasteiger charge is -2.31. The maximum absolute atomic E-state index is 12.0. The van der Waals surface area contributed by atoms with E-state index in [1.165, 1.54) is 57.8 Å². The first-order valence-corrected chi connectivity index (χ1v) is 9.41. The number of amides is 1. The maximum atomic E-state index is 12.0. The third-order valence-electron chi connectivity index (χ3n) is 5.48. The van der Waals surface area contributed by atoms with Crippen LogP contribution in [0.25, 0.3) is 0 Å². The van der Waals surface area contributed by atoms with Gasteiger partial charge in [-0.05, 0) is 64.2 Å². The van der Waals surface area contributed by atoms with Crippen LogP contribution in [0.4, 0.5) is 0 Å². The van der Waals surface area contributed by atoms with Crippen LogP contribution in [0.2, 0.25) is 0 Å². The first kappa shape index (κ1) is 20.7. The lowest BCUT2D eigenvalue weighted by atomic mass is 9.87. The van der Waals surface area contributed by atoms with E-state index in [4.69, 9.17) is 0 Å². The molecule has 5 heteroatoms. The Morgan fingerprint density at radius 1 is 0.957 bits per heavy atom. The highest BCUT2D eigenvalue weighted by molar-refractivity contribution is 5.85. The van der Waals surface area contributed by atoms with Gasteiger partial charge in [0, 0.05) is 6.54 Å². The van der Waals surface area contributed by atoms with Crippen LogP contribution in [0.15, 0.2) is 0 Å². The highest BCUT2D eigenvalue weighted by Gasteiger charge is 2.20. The second-order valence-electron chi connectivity index (χ2n) is 7.25. The second kappa shape index (κ2) is 12.1. The van der Waals surface area contributed by atoms with Gasteiger partial charge in [0.05, 0.1) is 6.54 Å². The van der Waals surface area contributed by atoms with Crippen molar-refractivity contribution < 1.29 is 4.79 Å². The lowest BCUT2D eigenvalue weighted by Crippen LogP contribution is -2.42. The van der Waals surface area contributed by atoms with E-state index in [9.17, 15) is 4.79 Å². The molecule has 0 spiro atoms. The number of halogens is 1. The summed E-state index contributed by atoms with van der Waals surface area (Å²) in [6.45, 7) is 4.77. The van der Waals surface area contributed by atoms with E-state index in [1.807, 2.05) is 7.05 Å². The van der Waals surface area contributed by atoms with Crippen LogP contribution < -0.4 is 10.6 Å². The van der Waals surface area contributed by atoms with Gasteiger partial charge in [0.2, 0.25) is 5.91 Å². The molecule has 136 valence electrons. The van der Waals surface area contributed by atoms with Gasteiger partial charge in [0.15, 0.2) is 0 Å². The molecule has 1 saturated heterocycles. The predicted octanol–water partition coefficient (Wildman–Crippen LogP) is 2.82. The molecule has 0 bridgehead atoms. The van der Waals surface area contributed by atoms with Crippen LogP contribution in [0.3, 0.4) is 0 Å². The van der Waals surface area contributed by atoms with Crippen molar-refractivity contribution in [3.05, 3.63) is 0 Å². The van der Waals surface area contributed by atoms with Crippen LogP contribution in [0.1, 0.15) is 57.8 Å². The molecule has 1 aliphatic heterocycles. The van der Waals surface area contributed by atoms with Crippen LogP contribution in [0, 0.1) is 11.8 Å². The standard InChI is InChI=1S/C18H35N3O.ClH/c1-19-11-7-17-9-13-21(14-10-17)15-18(22)20-12-8-16-5-3-2-4-6-16;/h16-17,19H,2-15H2,1H3,(H,20,22);1H. The fraction of sp³-hybridized carbons (Fsp3) is 0.944. The number of hydrogen-bond acceptors (Lipinski definition) is 3. The van der Waals surface area contributed by atoms with Gasteiger partial charge < -0.3 is 10.6 Å². The summed E-state index contributed by atoms with van der Waals surface area (Å²) in [7, 11) is 2.02. The minimum absolute atomic E-state index is 0. The van der Waals surface area contributed by atoms with Gasteiger partial charge in [0.25, 0.3) is 0 Å². The number of carbonyl (C=O) groups excluding carboxylic acids is 1. The van der Waals surface area contributed by atoms with Crippen molar-refractivity contribution in [3.8, 4) is 0 Å². The molecular formula is C18H36ClN3O. The topological polar surface area (TPSA) is 44.4 Å². The Bertz CT molecular complexity index is 313. The lowest BCUT2D eigenvalue weighted by molar-refractivity contribution is -0.122. The van der Waals surface area contributed by atoms with Crippen LogP contribution >= 0.6 is 12.4 Å². The Labute approximate surface area is 148 Å². The normalized spacial score (nSPS) is 20.9. The summed E-state index contributed by atoms with van der Waals surface area (Å²) in [5, 5.41) is 6.36. The average Bonchev–Trinajstić information content (AvgIpc) is 2.55. The Kier molecular flexibility index (Phi) is 10.9. The molecule has 2 fully saturated rings. The smallest absolute Gasteiger partial charge is 0.234 e. The van der Waals surface area contributed by atoms with Crippen molar-refractivity contribution in [2.45, 2.75) is 57.8 Å². The summed E-state index contributed by atoms with van der Waals surface area (Å²) in [5.41, 5.74) is 0. The number of hydrogen-bond donors (Lipinski definition) is 2. The van der Waals surface area contributed by atoms with Crippen molar-refractivity contribution in [2.24, 2.45) is 11.8 Å². The maximum Gasteiger partial charge on any atom is 0.234 e. The van der Waals surface area contributed by atoms with Crippen LogP contribution in [-0.2, 0) is 4.79 Å². The molecule has 2 aliphatic rings. The number of carbonyl (C=O) groups is 1. The number of nitrogens with one attached hydrogen (secondary N) is 2. The number of rotatable bonds is 8. The molecule has 0 aromatic carbocycles. The molecule has 1 aliphatic carbocycles. The first-order valence-electron chi connectivity index (χ1n) is 9.41. The van der Waals surface area contributed by atoms with Gasteiger partial charge >= 0.3 is 0 Å². The van der Waals surface area contributed by atoms with Gasteiger partial charge in [-0.25, -0.2) is 0 Å². The van der Waals surface area contributed by atoms with E-state index >= 15 is 0 Å². The van der Waals surface area contributed by atoms with E-state index in [0.29, 0.717) is 6.54 Å². The third-order valence-corrected chi connectivity index (χ3v) is 5.48. The van der Waals surface area contributed by atoms with E-state index < -0.39 is 0 Å². The van der Waals surface area contributed by atoms with Crippen LogP contribution in [-0.4, -0.2) is 50.6 Å². The highest BCUT2D eigenvalue weighted by Crippen LogP contribution is 2.25. The van der Waals surface area contributed by atoms with Crippen molar-refractivity contribution in [1.82, 2.24) is 15.5 Å². The molecule has 2 rings (SSSR count). The summed E-state index contributed by atoms with van der Waals surface area (Å²) in [5.74, 6) is 1.93. The van der Waals surface area contributed by atoms with Gasteiger partial charge in [-0.1, -0.05) is 32.1 Å². The van der Waals surface area contributed by atoms with E-state index in [2.05, 4.69) is 15.5 Å².